The smallest absolute Gasteiger partial charge is 0.330 e. The highest BCUT2D eigenvalue weighted by atomic mass is 16.5. The molecule has 0 atom stereocenters. The van der Waals surface area contributed by atoms with E-state index in [0.717, 1.165) is 11.8 Å². The number of carbonyl (C=O) groups is 1. The SMILES string of the molecule is C=CC(=O)OCC=COc1ccccc1. The van der Waals surface area contributed by atoms with Gasteiger partial charge in [0.05, 0.1) is 6.26 Å². The van der Waals surface area contributed by atoms with Crippen LogP contribution in [0.3, 0.4) is 0 Å². The van der Waals surface area contributed by atoms with Crippen molar-refractivity contribution in [2.75, 3.05) is 6.61 Å². The number of hydrogen-bond donors (Lipinski definition) is 0. The number of carbonyl (C=O) groups excluding carboxylic acids is 1. The molecule has 0 aliphatic carbocycles. The van der Waals surface area contributed by atoms with Gasteiger partial charge in [-0.05, 0) is 18.2 Å². The topological polar surface area (TPSA) is 35.5 Å². The van der Waals surface area contributed by atoms with Crippen molar-refractivity contribution in [1.82, 2.24) is 0 Å². The second-order valence-corrected chi connectivity index (χ2v) is 2.64. The van der Waals surface area contributed by atoms with Gasteiger partial charge in [0.2, 0.25) is 0 Å². The molecule has 0 unspecified atom stereocenters. The van der Waals surface area contributed by atoms with Gasteiger partial charge in [0, 0.05) is 6.08 Å². The Morgan fingerprint density at radius 3 is 2.73 bits per heavy atom. The van der Waals surface area contributed by atoms with Crippen LogP contribution in [0, 0.1) is 0 Å². The fourth-order valence-electron chi connectivity index (χ4n) is 0.854. The summed E-state index contributed by atoms with van der Waals surface area (Å²) >= 11 is 0. The van der Waals surface area contributed by atoms with Gasteiger partial charge >= 0.3 is 5.97 Å². The predicted octanol–water partition coefficient (Wildman–Crippen LogP) is 2.31. The Labute approximate surface area is 88.6 Å². The highest BCUT2D eigenvalue weighted by molar-refractivity contribution is 5.81. The average molecular weight is 204 g/mol. The molecule has 0 saturated heterocycles. The Morgan fingerprint density at radius 2 is 2.07 bits per heavy atom. The largest absolute Gasteiger partial charge is 0.465 e. The second-order valence-electron chi connectivity index (χ2n) is 2.64. The van der Waals surface area contributed by atoms with Gasteiger partial charge in [-0.1, -0.05) is 24.8 Å². The summed E-state index contributed by atoms with van der Waals surface area (Å²) in [5, 5.41) is 0. The molecule has 3 heteroatoms. The Bertz CT molecular complexity index is 341. The first-order chi connectivity index (χ1) is 7.33. The molecule has 0 fully saturated rings. The van der Waals surface area contributed by atoms with Gasteiger partial charge in [-0.25, -0.2) is 4.79 Å². The Morgan fingerprint density at radius 1 is 1.33 bits per heavy atom. The summed E-state index contributed by atoms with van der Waals surface area (Å²) in [4.78, 5) is 10.6. The highest BCUT2D eigenvalue weighted by Gasteiger charge is 1.90. The zero-order valence-corrected chi connectivity index (χ0v) is 8.26. The van der Waals surface area contributed by atoms with Crippen LogP contribution in [-0.4, -0.2) is 12.6 Å². The maximum atomic E-state index is 10.6. The van der Waals surface area contributed by atoms with Gasteiger partial charge in [-0.2, -0.15) is 0 Å². The first kappa shape index (κ1) is 11.0. The first-order valence-corrected chi connectivity index (χ1v) is 4.49. The number of esters is 1. The van der Waals surface area contributed by atoms with E-state index in [2.05, 4.69) is 6.58 Å². The van der Waals surface area contributed by atoms with Crippen LogP contribution < -0.4 is 4.74 Å². The monoisotopic (exact) mass is 204 g/mol. The van der Waals surface area contributed by atoms with E-state index in [1.165, 1.54) is 6.26 Å². The van der Waals surface area contributed by atoms with Gasteiger partial charge in [-0.3, -0.25) is 0 Å². The lowest BCUT2D eigenvalue weighted by Gasteiger charge is -1.98. The van der Waals surface area contributed by atoms with E-state index < -0.39 is 5.97 Å². The summed E-state index contributed by atoms with van der Waals surface area (Å²) < 4.78 is 9.93. The van der Waals surface area contributed by atoms with Crippen molar-refractivity contribution < 1.29 is 14.3 Å². The molecule has 0 aromatic heterocycles. The van der Waals surface area contributed by atoms with Crippen molar-refractivity contribution in [3.63, 3.8) is 0 Å². The molecule has 0 aliphatic heterocycles. The molecule has 0 amide bonds. The van der Waals surface area contributed by atoms with Crippen LogP contribution in [0.15, 0.2) is 55.3 Å². The maximum absolute atomic E-state index is 10.6. The molecule has 1 rings (SSSR count). The third kappa shape index (κ3) is 4.67. The number of ether oxygens (including phenoxy) is 2. The number of hydrogen-bond acceptors (Lipinski definition) is 3. The maximum Gasteiger partial charge on any atom is 0.330 e. The van der Waals surface area contributed by atoms with E-state index in [1.807, 2.05) is 30.3 Å². The van der Waals surface area contributed by atoms with Crippen LogP contribution in [0.4, 0.5) is 0 Å². The zero-order valence-electron chi connectivity index (χ0n) is 8.26. The molecule has 3 nitrogen and oxygen atoms in total. The Hall–Kier alpha value is -2.03. The van der Waals surface area contributed by atoms with Gasteiger partial charge in [-0.15, -0.1) is 0 Å². The Balaban J connectivity index is 2.23. The minimum absolute atomic E-state index is 0.178. The van der Waals surface area contributed by atoms with E-state index in [1.54, 1.807) is 6.08 Å². The fraction of sp³-hybridized carbons (Fsp3) is 0.0833. The third-order valence-electron chi connectivity index (χ3n) is 1.53. The van der Waals surface area contributed by atoms with Gasteiger partial charge in [0.1, 0.15) is 12.4 Å². The zero-order chi connectivity index (χ0) is 10.9. The molecule has 1 aromatic carbocycles. The quantitative estimate of drug-likeness (QED) is 0.419. The van der Waals surface area contributed by atoms with E-state index in [-0.39, 0.29) is 6.61 Å². The molecule has 0 spiro atoms. The van der Waals surface area contributed by atoms with Crippen molar-refractivity contribution in [2.45, 2.75) is 0 Å². The van der Waals surface area contributed by atoms with Crippen molar-refractivity contribution >= 4 is 5.97 Å². The highest BCUT2D eigenvalue weighted by Crippen LogP contribution is 2.07. The Kier molecular flexibility index (Phi) is 4.73. The summed E-state index contributed by atoms with van der Waals surface area (Å²) in [6, 6.07) is 9.32. The predicted molar refractivity (Wildman–Crippen MR) is 57.4 cm³/mol. The summed E-state index contributed by atoms with van der Waals surface area (Å²) in [6.45, 7) is 3.46. The van der Waals surface area contributed by atoms with E-state index in [4.69, 9.17) is 9.47 Å². The molecule has 15 heavy (non-hydrogen) atoms. The van der Waals surface area contributed by atoms with Crippen LogP contribution in [0.1, 0.15) is 0 Å². The van der Waals surface area contributed by atoms with Crippen LogP contribution >= 0.6 is 0 Å². The van der Waals surface area contributed by atoms with Crippen LogP contribution in [0.2, 0.25) is 0 Å². The summed E-state index contributed by atoms with van der Waals surface area (Å²) in [7, 11) is 0. The van der Waals surface area contributed by atoms with Crippen LogP contribution in [0.5, 0.6) is 5.75 Å². The van der Waals surface area contributed by atoms with Gasteiger partial charge < -0.3 is 9.47 Å². The molecule has 78 valence electrons. The minimum Gasteiger partial charge on any atom is -0.465 e. The van der Waals surface area contributed by atoms with Gasteiger partial charge in [0.15, 0.2) is 0 Å². The molecular weight excluding hydrogens is 192 g/mol. The van der Waals surface area contributed by atoms with Crippen molar-refractivity contribution in [3.8, 4) is 5.75 Å². The molecular formula is C12H12O3. The molecule has 0 radical (unpaired) electrons. The standard InChI is InChI=1S/C12H12O3/c1-2-12(13)15-10-6-9-14-11-7-4-3-5-8-11/h2-9H,1,10H2. The normalized spacial score (nSPS) is 9.87. The number of rotatable bonds is 5. The van der Waals surface area contributed by atoms with Gasteiger partial charge in [0.25, 0.3) is 0 Å². The minimum atomic E-state index is -0.445. The lowest BCUT2D eigenvalue weighted by Crippen LogP contribution is -1.99. The molecule has 1 aromatic rings. The molecule has 0 aliphatic rings. The lowest BCUT2D eigenvalue weighted by molar-refractivity contribution is -0.136. The van der Waals surface area contributed by atoms with Crippen LogP contribution in [0.25, 0.3) is 0 Å². The van der Waals surface area contributed by atoms with E-state index in [9.17, 15) is 4.79 Å². The summed E-state index contributed by atoms with van der Waals surface area (Å²) in [5.41, 5.74) is 0. The van der Waals surface area contributed by atoms with Crippen LogP contribution in [-0.2, 0) is 9.53 Å². The molecule has 0 N–H and O–H groups in total. The average Bonchev–Trinajstić information content (AvgIpc) is 2.29. The van der Waals surface area contributed by atoms with Crippen molar-refractivity contribution in [2.24, 2.45) is 0 Å². The molecule has 0 bridgehead atoms. The molecule has 0 saturated carbocycles. The number of benzene rings is 1. The number of para-hydroxylation sites is 1. The molecule has 0 heterocycles. The summed E-state index contributed by atoms with van der Waals surface area (Å²) in [6.07, 6.45) is 4.20. The van der Waals surface area contributed by atoms with Crippen molar-refractivity contribution in [1.29, 1.82) is 0 Å². The third-order valence-corrected chi connectivity index (χ3v) is 1.53. The second kappa shape index (κ2) is 6.43. The van der Waals surface area contributed by atoms with Crippen molar-refractivity contribution in [3.05, 3.63) is 55.3 Å². The first-order valence-electron chi connectivity index (χ1n) is 4.49. The van der Waals surface area contributed by atoms with E-state index >= 15 is 0 Å². The summed E-state index contributed by atoms with van der Waals surface area (Å²) in [5.74, 6) is 0.295. The lowest BCUT2D eigenvalue weighted by atomic mass is 10.3. The van der Waals surface area contributed by atoms with E-state index in [0.29, 0.717) is 0 Å². The fourth-order valence-corrected chi connectivity index (χ4v) is 0.854.